The maximum absolute atomic E-state index is 12.3. The molecule has 1 aromatic carbocycles. The first-order chi connectivity index (χ1) is 10.6. The number of nitrogens with zero attached hydrogens (tertiary/aromatic N) is 2. The summed E-state index contributed by atoms with van der Waals surface area (Å²) in [5.74, 6) is 0. The third-order valence-electron chi connectivity index (χ3n) is 3.68. The van der Waals surface area contributed by atoms with Crippen LogP contribution in [0.3, 0.4) is 0 Å². The van der Waals surface area contributed by atoms with Gasteiger partial charge < -0.3 is 15.0 Å². The minimum absolute atomic E-state index is 0.161. The molecule has 0 atom stereocenters. The van der Waals surface area contributed by atoms with Crippen LogP contribution < -0.4 is 5.32 Å². The summed E-state index contributed by atoms with van der Waals surface area (Å²) in [5.41, 5.74) is 0.471. The van der Waals surface area contributed by atoms with E-state index in [1.54, 1.807) is 30.2 Å². The average molecular weight is 346 g/mol. The highest BCUT2D eigenvalue weighted by Gasteiger charge is 2.21. The summed E-state index contributed by atoms with van der Waals surface area (Å²) < 4.78 is 5.05. The molecule has 1 aliphatic rings. The van der Waals surface area contributed by atoms with Crippen molar-refractivity contribution in [2.45, 2.75) is 6.42 Å². The molecule has 22 heavy (non-hydrogen) atoms. The van der Waals surface area contributed by atoms with Gasteiger partial charge in [-0.25, -0.2) is 4.79 Å². The number of rotatable bonds is 5. The van der Waals surface area contributed by atoms with Crippen molar-refractivity contribution in [2.75, 3.05) is 51.8 Å². The summed E-state index contributed by atoms with van der Waals surface area (Å²) >= 11 is 12.1. The molecule has 1 heterocycles. The number of urea groups is 1. The van der Waals surface area contributed by atoms with Gasteiger partial charge in [-0.2, -0.15) is 0 Å². The van der Waals surface area contributed by atoms with Crippen molar-refractivity contribution >= 4 is 34.9 Å². The van der Waals surface area contributed by atoms with Crippen molar-refractivity contribution in [3.8, 4) is 0 Å². The van der Waals surface area contributed by atoms with Gasteiger partial charge in [-0.3, -0.25) is 4.90 Å². The first-order valence-corrected chi connectivity index (χ1v) is 8.08. The zero-order chi connectivity index (χ0) is 15.9. The van der Waals surface area contributed by atoms with Crippen molar-refractivity contribution in [3.05, 3.63) is 28.2 Å². The summed E-state index contributed by atoms with van der Waals surface area (Å²) in [6.07, 6.45) is 1.01. The van der Waals surface area contributed by atoms with Crippen LogP contribution in [-0.2, 0) is 4.74 Å². The quantitative estimate of drug-likeness (QED) is 0.833. The lowest BCUT2D eigenvalue weighted by molar-refractivity contribution is 0.130. The highest BCUT2D eigenvalue weighted by atomic mass is 35.5. The van der Waals surface area contributed by atoms with Gasteiger partial charge in [-0.05, 0) is 18.6 Å². The molecule has 1 fully saturated rings. The molecule has 0 saturated carbocycles. The number of methoxy groups -OCH3 is 1. The molecule has 1 aliphatic heterocycles. The molecule has 7 heteroatoms. The van der Waals surface area contributed by atoms with E-state index >= 15 is 0 Å². The Morgan fingerprint density at radius 3 is 2.45 bits per heavy atom. The van der Waals surface area contributed by atoms with E-state index in [0.29, 0.717) is 28.8 Å². The number of para-hydroxylation sites is 1. The van der Waals surface area contributed by atoms with E-state index in [4.69, 9.17) is 27.9 Å². The van der Waals surface area contributed by atoms with Gasteiger partial charge in [0.25, 0.3) is 0 Å². The van der Waals surface area contributed by atoms with Crippen molar-refractivity contribution < 1.29 is 9.53 Å². The molecule has 122 valence electrons. The number of nitrogens with one attached hydrogen (secondary N) is 1. The molecule has 0 bridgehead atoms. The summed E-state index contributed by atoms with van der Waals surface area (Å²) in [5, 5.41) is 3.69. The fourth-order valence-corrected chi connectivity index (χ4v) is 2.90. The molecule has 1 saturated heterocycles. The van der Waals surface area contributed by atoms with Crippen molar-refractivity contribution in [1.29, 1.82) is 0 Å². The molecule has 1 N–H and O–H groups in total. The Kier molecular flexibility index (Phi) is 6.76. The Labute approximate surface area is 141 Å². The number of benzene rings is 1. The lowest BCUT2D eigenvalue weighted by atomic mass is 10.3. The van der Waals surface area contributed by atoms with Crippen molar-refractivity contribution in [1.82, 2.24) is 9.80 Å². The average Bonchev–Trinajstić information content (AvgIpc) is 2.52. The summed E-state index contributed by atoms with van der Waals surface area (Å²) in [6, 6.07) is 5.00. The Hall–Kier alpha value is -1.01. The van der Waals surface area contributed by atoms with E-state index in [9.17, 15) is 4.79 Å². The van der Waals surface area contributed by atoms with E-state index in [1.165, 1.54) is 0 Å². The van der Waals surface area contributed by atoms with E-state index in [2.05, 4.69) is 10.2 Å². The number of piperazine rings is 1. The topological polar surface area (TPSA) is 44.8 Å². The fraction of sp³-hybridized carbons (Fsp3) is 0.533. The minimum Gasteiger partial charge on any atom is -0.385 e. The second-order valence-corrected chi connectivity index (χ2v) is 6.02. The third-order valence-corrected chi connectivity index (χ3v) is 4.31. The Balaban J connectivity index is 1.82. The molecule has 0 aliphatic carbocycles. The molecule has 0 radical (unpaired) electrons. The summed E-state index contributed by atoms with van der Waals surface area (Å²) in [4.78, 5) is 16.4. The summed E-state index contributed by atoms with van der Waals surface area (Å²) in [7, 11) is 1.71. The molecule has 2 amide bonds. The van der Waals surface area contributed by atoms with E-state index in [1.807, 2.05) is 0 Å². The van der Waals surface area contributed by atoms with Gasteiger partial charge in [0.2, 0.25) is 0 Å². The van der Waals surface area contributed by atoms with Crippen LogP contribution in [0.4, 0.5) is 10.5 Å². The predicted molar refractivity (Wildman–Crippen MR) is 90.0 cm³/mol. The number of ether oxygens (including phenoxy) is 1. The van der Waals surface area contributed by atoms with Gasteiger partial charge in [0.05, 0.1) is 15.7 Å². The van der Waals surface area contributed by atoms with E-state index in [0.717, 1.165) is 32.7 Å². The Bertz CT molecular complexity index is 485. The number of halogens is 2. The van der Waals surface area contributed by atoms with Gasteiger partial charge in [0.15, 0.2) is 0 Å². The normalized spacial score (nSPS) is 15.9. The maximum Gasteiger partial charge on any atom is 0.322 e. The largest absolute Gasteiger partial charge is 0.385 e. The smallest absolute Gasteiger partial charge is 0.322 e. The third kappa shape index (κ3) is 4.74. The molecule has 5 nitrogen and oxygen atoms in total. The molecule has 0 unspecified atom stereocenters. The molecule has 0 aromatic heterocycles. The lowest BCUT2D eigenvalue weighted by Gasteiger charge is -2.34. The van der Waals surface area contributed by atoms with Crippen LogP contribution in [0.5, 0.6) is 0 Å². The first-order valence-electron chi connectivity index (χ1n) is 7.33. The van der Waals surface area contributed by atoms with Crippen molar-refractivity contribution in [2.24, 2.45) is 0 Å². The molecular formula is C15H21Cl2N3O2. The van der Waals surface area contributed by atoms with Crippen LogP contribution in [0.15, 0.2) is 18.2 Å². The van der Waals surface area contributed by atoms with Gasteiger partial charge in [-0.1, -0.05) is 29.3 Å². The van der Waals surface area contributed by atoms with Gasteiger partial charge in [0, 0.05) is 46.4 Å². The van der Waals surface area contributed by atoms with Gasteiger partial charge in [0.1, 0.15) is 0 Å². The second kappa shape index (κ2) is 8.58. The number of amides is 2. The SMILES string of the molecule is COCCCN1CCN(C(=O)Nc2c(Cl)cccc2Cl)CC1. The van der Waals surface area contributed by atoms with Crippen LogP contribution in [0.1, 0.15) is 6.42 Å². The van der Waals surface area contributed by atoms with Crippen LogP contribution in [0, 0.1) is 0 Å². The van der Waals surface area contributed by atoms with Gasteiger partial charge in [-0.15, -0.1) is 0 Å². The number of carbonyl (C=O) groups is 1. The van der Waals surface area contributed by atoms with Crippen LogP contribution in [0.25, 0.3) is 0 Å². The minimum atomic E-state index is -0.161. The molecule has 0 spiro atoms. The highest BCUT2D eigenvalue weighted by Crippen LogP contribution is 2.30. The van der Waals surface area contributed by atoms with E-state index in [-0.39, 0.29) is 6.03 Å². The monoisotopic (exact) mass is 345 g/mol. The van der Waals surface area contributed by atoms with Crippen molar-refractivity contribution in [3.63, 3.8) is 0 Å². The molecule has 2 rings (SSSR count). The summed E-state index contributed by atoms with van der Waals surface area (Å²) in [6.45, 7) is 4.90. The second-order valence-electron chi connectivity index (χ2n) is 5.20. The number of hydrogen-bond acceptors (Lipinski definition) is 3. The first kappa shape index (κ1) is 17.3. The Morgan fingerprint density at radius 1 is 1.23 bits per heavy atom. The molecular weight excluding hydrogens is 325 g/mol. The van der Waals surface area contributed by atoms with Crippen LogP contribution >= 0.6 is 23.2 Å². The Morgan fingerprint density at radius 2 is 1.86 bits per heavy atom. The highest BCUT2D eigenvalue weighted by molar-refractivity contribution is 6.39. The number of anilines is 1. The standard InChI is InChI=1S/C15H21Cl2N3O2/c1-22-11-3-6-19-7-9-20(10-8-19)15(21)18-14-12(16)4-2-5-13(14)17/h2,4-5H,3,6-11H2,1H3,(H,18,21). The zero-order valence-corrected chi connectivity index (χ0v) is 14.2. The maximum atomic E-state index is 12.3. The molecule has 1 aromatic rings. The number of hydrogen-bond donors (Lipinski definition) is 1. The lowest BCUT2D eigenvalue weighted by Crippen LogP contribution is -2.50. The number of carbonyl (C=O) groups excluding carboxylic acids is 1. The predicted octanol–water partition coefficient (Wildman–Crippen LogP) is 3.18. The van der Waals surface area contributed by atoms with Crippen LogP contribution in [-0.4, -0.2) is 62.3 Å². The zero-order valence-electron chi connectivity index (χ0n) is 12.6. The van der Waals surface area contributed by atoms with Gasteiger partial charge >= 0.3 is 6.03 Å². The fourth-order valence-electron chi connectivity index (χ4n) is 2.41. The van der Waals surface area contributed by atoms with Crippen LogP contribution in [0.2, 0.25) is 10.0 Å². The van der Waals surface area contributed by atoms with E-state index < -0.39 is 0 Å².